The molecular formula is C13H24N2O4. The number of urea groups is 1. The summed E-state index contributed by atoms with van der Waals surface area (Å²) >= 11 is 0. The lowest BCUT2D eigenvalue weighted by atomic mass is 9.99. The summed E-state index contributed by atoms with van der Waals surface area (Å²) in [7, 11) is 0. The van der Waals surface area contributed by atoms with Crippen LogP contribution >= 0.6 is 0 Å². The normalized spacial score (nSPS) is 22.8. The number of aliphatic carboxylic acids is 1. The van der Waals surface area contributed by atoms with Gasteiger partial charge in [0.25, 0.3) is 0 Å². The number of hydrogen-bond donors (Lipinski definition) is 2. The molecule has 0 bridgehead atoms. The molecule has 0 saturated carbocycles. The molecule has 0 aliphatic carbocycles. The van der Waals surface area contributed by atoms with Crippen LogP contribution in [0.4, 0.5) is 4.79 Å². The number of likely N-dealkylation sites (tertiary alicyclic amines) is 1. The minimum Gasteiger partial charge on any atom is -0.481 e. The lowest BCUT2D eigenvalue weighted by Gasteiger charge is -2.17. The van der Waals surface area contributed by atoms with Gasteiger partial charge in [-0.3, -0.25) is 4.79 Å². The van der Waals surface area contributed by atoms with E-state index >= 15 is 0 Å². The van der Waals surface area contributed by atoms with Crippen LogP contribution in [0.1, 0.15) is 20.8 Å². The van der Waals surface area contributed by atoms with Crippen LogP contribution in [0.3, 0.4) is 0 Å². The van der Waals surface area contributed by atoms with E-state index in [9.17, 15) is 9.59 Å². The maximum absolute atomic E-state index is 11.8. The second-order valence-electron chi connectivity index (χ2n) is 5.53. The lowest BCUT2D eigenvalue weighted by Crippen LogP contribution is -2.40. The Labute approximate surface area is 114 Å². The first-order valence-corrected chi connectivity index (χ1v) is 6.75. The van der Waals surface area contributed by atoms with Crippen molar-refractivity contribution in [3.8, 4) is 0 Å². The van der Waals surface area contributed by atoms with Crippen LogP contribution < -0.4 is 5.32 Å². The quantitative estimate of drug-likeness (QED) is 0.708. The Morgan fingerprint density at radius 3 is 2.63 bits per heavy atom. The summed E-state index contributed by atoms with van der Waals surface area (Å²) in [6.45, 7) is 8.39. The van der Waals surface area contributed by atoms with Crippen molar-refractivity contribution in [3.05, 3.63) is 0 Å². The molecule has 1 heterocycles. The first-order valence-electron chi connectivity index (χ1n) is 6.75. The van der Waals surface area contributed by atoms with E-state index in [-0.39, 0.29) is 18.5 Å². The molecule has 2 amide bonds. The predicted molar refractivity (Wildman–Crippen MR) is 70.9 cm³/mol. The fourth-order valence-corrected chi connectivity index (χ4v) is 2.12. The van der Waals surface area contributed by atoms with E-state index in [0.717, 1.165) is 0 Å². The Hall–Kier alpha value is -1.30. The van der Waals surface area contributed by atoms with Crippen LogP contribution in [0.25, 0.3) is 0 Å². The average molecular weight is 272 g/mol. The zero-order chi connectivity index (χ0) is 14.4. The van der Waals surface area contributed by atoms with Crippen molar-refractivity contribution in [3.63, 3.8) is 0 Å². The highest BCUT2D eigenvalue weighted by atomic mass is 16.5. The number of nitrogens with zero attached hydrogens (tertiary/aromatic N) is 1. The summed E-state index contributed by atoms with van der Waals surface area (Å²) in [4.78, 5) is 24.3. The van der Waals surface area contributed by atoms with Crippen LogP contribution in [0.15, 0.2) is 0 Å². The van der Waals surface area contributed by atoms with Gasteiger partial charge >= 0.3 is 12.0 Å². The van der Waals surface area contributed by atoms with Crippen molar-refractivity contribution in [1.82, 2.24) is 10.2 Å². The van der Waals surface area contributed by atoms with Crippen molar-refractivity contribution in [1.29, 1.82) is 0 Å². The molecule has 0 aromatic carbocycles. The third-order valence-corrected chi connectivity index (χ3v) is 3.19. The first kappa shape index (κ1) is 15.8. The van der Waals surface area contributed by atoms with Gasteiger partial charge in [0.05, 0.1) is 12.5 Å². The molecule has 2 atom stereocenters. The number of hydrogen-bond acceptors (Lipinski definition) is 3. The number of carboxylic acid groups (broad SMARTS) is 1. The van der Waals surface area contributed by atoms with Crippen molar-refractivity contribution in [2.75, 3.05) is 32.8 Å². The summed E-state index contributed by atoms with van der Waals surface area (Å²) in [6.07, 6.45) is 0. The monoisotopic (exact) mass is 272 g/mol. The maximum atomic E-state index is 11.8. The van der Waals surface area contributed by atoms with Crippen molar-refractivity contribution >= 4 is 12.0 Å². The lowest BCUT2D eigenvalue weighted by molar-refractivity contribution is -0.142. The molecule has 2 N–H and O–H groups in total. The van der Waals surface area contributed by atoms with E-state index in [2.05, 4.69) is 19.2 Å². The summed E-state index contributed by atoms with van der Waals surface area (Å²) in [5.41, 5.74) is 0. The second-order valence-corrected chi connectivity index (χ2v) is 5.53. The standard InChI is InChI=1S/C13H24N2O4/c1-9(2)8-19-5-4-14-13(18)15-6-10(3)11(7-15)12(16)17/h9-11H,4-8H2,1-3H3,(H,14,18)(H,16,17). The zero-order valence-corrected chi connectivity index (χ0v) is 11.9. The Morgan fingerprint density at radius 1 is 1.42 bits per heavy atom. The van der Waals surface area contributed by atoms with Crippen LogP contribution in [-0.4, -0.2) is 54.9 Å². The van der Waals surface area contributed by atoms with E-state index in [0.29, 0.717) is 32.2 Å². The maximum Gasteiger partial charge on any atom is 0.317 e. The number of amides is 2. The van der Waals surface area contributed by atoms with Gasteiger partial charge in [0, 0.05) is 26.2 Å². The Balaban J connectivity index is 2.22. The third-order valence-electron chi connectivity index (χ3n) is 3.19. The summed E-state index contributed by atoms with van der Waals surface area (Å²) < 4.78 is 5.36. The van der Waals surface area contributed by atoms with Gasteiger partial charge < -0.3 is 20.1 Å². The van der Waals surface area contributed by atoms with E-state index in [1.165, 1.54) is 0 Å². The average Bonchev–Trinajstić information content (AvgIpc) is 2.70. The molecule has 1 aliphatic heterocycles. The number of rotatable bonds is 6. The van der Waals surface area contributed by atoms with Gasteiger partial charge in [0.2, 0.25) is 0 Å². The summed E-state index contributed by atoms with van der Waals surface area (Å²) in [5.74, 6) is -0.807. The van der Waals surface area contributed by atoms with E-state index in [4.69, 9.17) is 9.84 Å². The SMILES string of the molecule is CC(C)COCCNC(=O)N1CC(C)C(C(=O)O)C1. The van der Waals surface area contributed by atoms with Gasteiger partial charge in [-0.15, -0.1) is 0 Å². The third kappa shape index (κ3) is 5.06. The zero-order valence-electron chi connectivity index (χ0n) is 11.9. The van der Waals surface area contributed by atoms with Crippen molar-refractivity contribution in [2.45, 2.75) is 20.8 Å². The second kappa shape index (κ2) is 7.33. The van der Waals surface area contributed by atoms with Crippen LogP contribution in [-0.2, 0) is 9.53 Å². The highest BCUT2D eigenvalue weighted by Crippen LogP contribution is 2.22. The van der Waals surface area contributed by atoms with Gasteiger partial charge in [-0.2, -0.15) is 0 Å². The van der Waals surface area contributed by atoms with E-state index in [1.54, 1.807) is 4.90 Å². The van der Waals surface area contributed by atoms with Crippen LogP contribution in [0.2, 0.25) is 0 Å². The first-order chi connectivity index (χ1) is 8.91. The predicted octanol–water partition coefficient (Wildman–Crippen LogP) is 1.02. The summed E-state index contributed by atoms with van der Waals surface area (Å²) in [5, 5.41) is 11.8. The molecule has 19 heavy (non-hydrogen) atoms. The molecule has 2 unspecified atom stereocenters. The minimum atomic E-state index is -0.830. The molecule has 6 nitrogen and oxygen atoms in total. The minimum absolute atomic E-state index is 0.000408. The molecule has 0 spiro atoms. The molecule has 1 saturated heterocycles. The van der Waals surface area contributed by atoms with Gasteiger partial charge in [0.1, 0.15) is 0 Å². The molecule has 1 aliphatic rings. The number of nitrogens with one attached hydrogen (secondary N) is 1. The van der Waals surface area contributed by atoms with Gasteiger partial charge in [-0.05, 0) is 11.8 Å². The number of carbonyl (C=O) groups is 2. The molecule has 1 fully saturated rings. The highest BCUT2D eigenvalue weighted by Gasteiger charge is 2.36. The molecule has 6 heteroatoms. The smallest absolute Gasteiger partial charge is 0.317 e. The van der Waals surface area contributed by atoms with Crippen molar-refractivity contribution in [2.24, 2.45) is 17.8 Å². The number of carbonyl (C=O) groups excluding carboxylic acids is 1. The number of ether oxygens (including phenoxy) is 1. The molecule has 1 rings (SSSR count). The molecule has 0 aromatic rings. The van der Waals surface area contributed by atoms with Crippen molar-refractivity contribution < 1.29 is 19.4 Å². The molecule has 0 aromatic heterocycles. The Morgan fingerprint density at radius 2 is 2.11 bits per heavy atom. The topological polar surface area (TPSA) is 78.9 Å². The number of carboxylic acids is 1. The van der Waals surface area contributed by atoms with Crippen LogP contribution in [0, 0.1) is 17.8 Å². The van der Waals surface area contributed by atoms with E-state index < -0.39 is 11.9 Å². The Kier molecular flexibility index (Phi) is 6.08. The van der Waals surface area contributed by atoms with Gasteiger partial charge in [0.15, 0.2) is 0 Å². The van der Waals surface area contributed by atoms with Crippen LogP contribution in [0.5, 0.6) is 0 Å². The molecular weight excluding hydrogens is 248 g/mol. The van der Waals surface area contributed by atoms with Gasteiger partial charge in [-0.25, -0.2) is 4.79 Å². The largest absolute Gasteiger partial charge is 0.481 e. The summed E-state index contributed by atoms with van der Waals surface area (Å²) in [6, 6.07) is -0.205. The Bertz CT molecular complexity index is 320. The fraction of sp³-hybridized carbons (Fsp3) is 0.846. The fourth-order valence-electron chi connectivity index (χ4n) is 2.12. The highest BCUT2D eigenvalue weighted by molar-refractivity contribution is 5.77. The molecule has 110 valence electrons. The molecule has 0 radical (unpaired) electrons. The van der Waals surface area contributed by atoms with E-state index in [1.807, 2.05) is 6.92 Å². The van der Waals surface area contributed by atoms with Gasteiger partial charge in [-0.1, -0.05) is 20.8 Å².